The number of amides is 1. The van der Waals surface area contributed by atoms with Crippen molar-refractivity contribution in [3.63, 3.8) is 0 Å². The lowest BCUT2D eigenvalue weighted by Gasteiger charge is -2.21. The van der Waals surface area contributed by atoms with E-state index in [1.54, 1.807) is 28.9 Å². The van der Waals surface area contributed by atoms with Crippen LogP contribution < -0.4 is 0 Å². The third-order valence-corrected chi connectivity index (χ3v) is 5.04. The number of hydrogen-bond acceptors (Lipinski definition) is 5. The molecule has 0 N–H and O–H groups in total. The van der Waals surface area contributed by atoms with Crippen LogP contribution in [0.25, 0.3) is 0 Å². The molecule has 4 rings (SSSR count). The van der Waals surface area contributed by atoms with Crippen LogP contribution in [0.1, 0.15) is 45.8 Å². The Morgan fingerprint density at radius 1 is 1.40 bits per heavy atom. The van der Waals surface area contributed by atoms with E-state index in [4.69, 9.17) is 4.42 Å². The number of aromatic nitrogens is 2. The molecule has 1 aliphatic rings. The van der Waals surface area contributed by atoms with Crippen LogP contribution in [0.5, 0.6) is 0 Å². The molecular formula is C18H16FN3O2S. The van der Waals surface area contributed by atoms with Crippen molar-refractivity contribution in [1.82, 2.24) is 14.9 Å². The molecule has 1 amide bonds. The number of likely N-dealkylation sites (tertiary alicyclic amines) is 1. The van der Waals surface area contributed by atoms with Gasteiger partial charge in [-0.15, -0.1) is 11.3 Å². The molecule has 0 bridgehead atoms. The highest BCUT2D eigenvalue weighted by molar-refractivity contribution is 7.11. The molecule has 0 unspecified atom stereocenters. The predicted octanol–water partition coefficient (Wildman–Crippen LogP) is 3.84. The summed E-state index contributed by atoms with van der Waals surface area (Å²) in [4.78, 5) is 23.4. The Morgan fingerprint density at radius 2 is 2.32 bits per heavy atom. The zero-order valence-electron chi connectivity index (χ0n) is 13.4. The SMILES string of the molecule is O=C(c1cncs1)N1CCC[C@H]1c1ncc(Cc2cccc(F)c2)o1. The van der Waals surface area contributed by atoms with Crippen LogP contribution in [0.15, 0.2) is 46.6 Å². The Morgan fingerprint density at radius 3 is 3.12 bits per heavy atom. The average Bonchev–Trinajstić information content (AvgIpc) is 3.35. The fourth-order valence-corrected chi connectivity index (χ4v) is 3.71. The zero-order valence-corrected chi connectivity index (χ0v) is 14.2. The van der Waals surface area contributed by atoms with E-state index < -0.39 is 0 Å². The Kier molecular flexibility index (Phi) is 4.31. The molecule has 1 saturated heterocycles. The van der Waals surface area contributed by atoms with Gasteiger partial charge in [0.25, 0.3) is 5.91 Å². The van der Waals surface area contributed by atoms with Crippen molar-refractivity contribution >= 4 is 17.2 Å². The number of thiazole rings is 1. The molecule has 1 fully saturated rings. The molecular weight excluding hydrogens is 341 g/mol. The molecule has 0 aliphatic carbocycles. The van der Waals surface area contributed by atoms with Gasteiger partial charge in [0.05, 0.1) is 17.9 Å². The lowest BCUT2D eigenvalue weighted by atomic mass is 10.1. The maximum absolute atomic E-state index is 13.3. The molecule has 0 radical (unpaired) electrons. The van der Waals surface area contributed by atoms with Crippen molar-refractivity contribution in [3.8, 4) is 0 Å². The third-order valence-electron chi connectivity index (χ3n) is 4.28. The van der Waals surface area contributed by atoms with Crippen LogP contribution in [0.2, 0.25) is 0 Å². The Hall–Kier alpha value is -2.54. The first-order valence-corrected chi connectivity index (χ1v) is 8.97. The number of hydrogen-bond donors (Lipinski definition) is 0. The van der Waals surface area contributed by atoms with Crippen LogP contribution in [0, 0.1) is 5.82 Å². The number of carbonyl (C=O) groups excluding carboxylic acids is 1. The largest absolute Gasteiger partial charge is 0.443 e. The minimum atomic E-state index is -0.269. The van der Waals surface area contributed by atoms with Crippen LogP contribution in [0.4, 0.5) is 4.39 Å². The first-order chi connectivity index (χ1) is 12.2. The van der Waals surface area contributed by atoms with Crippen molar-refractivity contribution < 1.29 is 13.6 Å². The Labute approximate surface area is 148 Å². The van der Waals surface area contributed by atoms with E-state index in [1.807, 2.05) is 6.07 Å². The second-order valence-electron chi connectivity index (χ2n) is 5.99. The fraction of sp³-hybridized carbons (Fsp3) is 0.278. The van der Waals surface area contributed by atoms with Gasteiger partial charge in [-0.3, -0.25) is 9.78 Å². The van der Waals surface area contributed by atoms with Gasteiger partial charge in [-0.1, -0.05) is 12.1 Å². The van der Waals surface area contributed by atoms with E-state index >= 15 is 0 Å². The molecule has 3 aromatic rings. The van der Waals surface area contributed by atoms with Crippen molar-refractivity contribution in [2.45, 2.75) is 25.3 Å². The molecule has 0 spiro atoms. The first-order valence-electron chi connectivity index (χ1n) is 8.09. The van der Waals surface area contributed by atoms with Crippen molar-refractivity contribution in [2.75, 3.05) is 6.54 Å². The highest BCUT2D eigenvalue weighted by Crippen LogP contribution is 2.33. The van der Waals surface area contributed by atoms with Crippen LogP contribution in [-0.4, -0.2) is 27.3 Å². The molecule has 7 heteroatoms. The number of carbonyl (C=O) groups is 1. The second-order valence-corrected chi connectivity index (χ2v) is 6.88. The van der Waals surface area contributed by atoms with E-state index in [2.05, 4.69) is 9.97 Å². The Bertz CT molecular complexity index is 878. The maximum atomic E-state index is 13.3. The van der Waals surface area contributed by atoms with Crippen LogP contribution in [-0.2, 0) is 6.42 Å². The van der Waals surface area contributed by atoms with Gasteiger partial charge in [-0.2, -0.15) is 0 Å². The van der Waals surface area contributed by atoms with Gasteiger partial charge in [0, 0.05) is 13.0 Å². The van der Waals surface area contributed by atoms with Crippen molar-refractivity contribution in [3.05, 3.63) is 70.1 Å². The number of benzene rings is 1. The zero-order chi connectivity index (χ0) is 17.2. The van der Waals surface area contributed by atoms with Gasteiger partial charge in [0.1, 0.15) is 22.5 Å². The molecule has 2 aromatic heterocycles. The highest BCUT2D eigenvalue weighted by Gasteiger charge is 2.34. The molecule has 1 atom stereocenters. The Balaban J connectivity index is 1.52. The van der Waals surface area contributed by atoms with Gasteiger partial charge in [0.2, 0.25) is 5.89 Å². The molecule has 25 heavy (non-hydrogen) atoms. The van der Waals surface area contributed by atoms with E-state index in [9.17, 15) is 9.18 Å². The summed E-state index contributed by atoms with van der Waals surface area (Å²) < 4.78 is 19.2. The number of rotatable bonds is 4. The maximum Gasteiger partial charge on any atom is 0.266 e. The van der Waals surface area contributed by atoms with Gasteiger partial charge >= 0.3 is 0 Å². The smallest absolute Gasteiger partial charge is 0.266 e. The molecule has 0 saturated carbocycles. The van der Waals surface area contributed by atoms with Gasteiger partial charge in [0.15, 0.2) is 0 Å². The topological polar surface area (TPSA) is 59.2 Å². The standard InChI is InChI=1S/C18H16FN3O2S/c19-13-4-1-3-12(7-13)8-14-9-21-17(24-14)15-5-2-6-22(15)18(23)16-10-20-11-25-16/h1,3-4,7,9-11,15H,2,5-6,8H2/t15-/m0/s1. The molecule has 1 aliphatic heterocycles. The summed E-state index contributed by atoms with van der Waals surface area (Å²) in [7, 11) is 0. The lowest BCUT2D eigenvalue weighted by Crippen LogP contribution is -2.30. The predicted molar refractivity (Wildman–Crippen MR) is 90.8 cm³/mol. The molecule has 3 heterocycles. The quantitative estimate of drug-likeness (QED) is 0.712. The fourth-order valence-electron chi connectivity index (χ4n) is 3.14. The van der Waals surface area contributed by atoms with E-state index in [1.165, 1.54) is 23.5 Å². The van der Waals surface area contributed by atoms with Gasteiger partial charge in [-0.25, -0.2) is 9.37 Å². The van der Waals surface area contributed by atoms with Crippen molar-refractivity contribution in [2.24, 2.45) is 0 Å². The van der Waals surface area contributed by atoms with E-state index in [0.29, 0.717) is 29.5 Å². The van der Waals surface area contributed by atoms with E-state index in [0.717, 1.165) is 18.4 Å². The number of nitrogens with zero attached hydrogens (tertiary/aromatic N) is 3. The normalized spacial score (nSPS) is 17.2. The minimum Gasteiger partial charge on any atom is -0.443 e. The van der Waals surface area contributed by atoms with Crippen LogP contribution in [0.3, 0.4) is 0 Å². The number of halogens is 1. The summed E-state index contributed by atoms with van der Waals surface area (Å²) in [5, 5.41) is 0. The number of oxazole rings is 1. The molecule has 5 nitrogen and oxygen atoms in total. The van der Waals surface area contributed by atoms with Crippen molar-refractivity contribution in [1.29, 1.82) is 0 Å². The molecule has 128 valence electrons. The monoisotopic (exact) mass is 357 g/mol. The summed E-state index contributed by atoms with van der Waals surface area (Å²) >= 11 is 1.33. The summed E-state index contributed by atoms with van der Waals surface area (Å²) in [5.41, 5.74) is 2.48. The minimum absolute atomic E-state index is 0.0325. The van der Waals surface area contributed by atoms with E-state index in [-0.39, 0.29) is 17.8 Å². The van der Waals surface area contributed by atoms with Crippen LogP contribution >= 0.6 is 11.3 Å². The van der Waals surface area contributed by atoms with Gasteiger partial charge in [-0.05, 0) is 30.5 Å². The first kappa shape index (κ1) is 16.0. The average molecular weight is 357 g/mol. The highest BCUT2D eigenvalue weighted by atomic mass is 32.1. The molecule has 1 aromatic carbocycles. The summed E-state index contributed by atoms with van der Waals surface area (Å²) in [6, 6.07) is 6.26. The second kappa shape index (κ2) is 6.76. The third kappa shape index (κ3) is 3.32. The summed E-state index contributed by atoms with van der Waals surface area (Å²) in [6.45, 7) is 0.684. The summed E-state index contributed by atoms with van der Waals surface area (Å²) in [6.07, 6.45) is 5.46. The van der Waals surface area contributed by atoms with Gasteiger partial charge < -0.3 is 9.32 Å². The lowest BCUT2D eigenvalue weighted by molar-refractivity contribution is 0.0719. The summed E-state index contributed by atoms with van der Waals surface area (Å²) in [5.74, 6) is 0.906.